The molecule has 2 aromatic rings. The summed E-state index contributed by atoms with van der Waals surface area (Å²) in [6.45, 7) is 5.72. The number of fused-ring (bicyclic) bond motifs is 2. The molecule has 1 aliphatic carbocycles. The number of nitrogens with one attached hydrogen (secondary N) is 1. The number of halogens is 1. The Morgan fingerprint density at radius 1 is 1.11 bits per heavy atom. The molecule has 4 rings (SSSR count). The fourth-order valence-corrected chi connectivity index (χ4v) is 4.45. The molecule has 0 unspecified atom stereocenters. The zero-order chi connectivity index (χ0) is 20.2. The summed E-state index contributed by atoms with van der Waals surface area (Å²) in [6.07, 6.45) is 1.11. The second-order valence-corrected chi connectivity index (χ2v) is 8.62. The van der Waals surface area contributed by atoms with Crippen molar-refractivity contribution >= 4 is 29.2 Å². The maximum atomic E-state index is 13.3. The van der Waals surface area contributed by atoms with Gasteiger partial charge in [0.15, 0.2) is 11.4 Å². The number of hydrogen-bond donors (Lipinski definition) is 1. The van der Waals surface area contributed by atoms with Crippen LogP contribution in [0.4, 0.5) is 5.69 Å². The number of anilines is 1. The van der Waals surface area contributed by atoms with Crippen molar-refractivity contribution in [3.8, 4) is 11.5 Å². The number of esters is 1. The number of carbonyl (C=O) groups excluding carboxylic acids is 2. The summed E-state index contributed by atoms with van der Waals surface area (Å²) >= 11 is 6.15. The molecular formula is C22H22ClNO4. The number of rotatable bonds is 4. The van der Waals surface area contributed by atoms with Crippen molar-refractivity contribution in [2.24, 2.45) is 10.8 Å². The number of para-hydroxylation sites is 1. The van der Waals surface area contributed by atoms with Crippen molar-refractivity contribution in [2.45, 2.75) is 39.2 Å². The van der Waals surface area contributed by atoms with Gasteiger partial charge in [-0.3, -0.25) is 9.59 Å². The van der Waals surface area contributed by atoms with Gasteiger partial charge in [-0.1, -0.05) is 43.6 Å². The topological polar surface area (TPSA) is 64.6 Å². The van der Waals surface area contributed by atoms with Crippen LogP contribution in [-0.4, -0.2) is 17.5 Å². The molecule has 146 valence electrons. The normalized spacial score (nSPS) is 27.4. The molecule has 1 amide bonds. The lowest BCUT2D eigenvalue weighted by molar-refractivity contribution is -0.165. The van der Waals surface area contributed by atoms with E-state index in [4.69, 9.17) is 21.1 Å². The Kier molecular flexibility index (Phi) is 4.19. The summed E-state index contributed by atoms with van der Waals surface area (Å²) in [5.41, 5.74) is -2.06. The minimum absolute atomic E-state index is 0.314. The predicted molar refractivity (Wildman–Crippen MR) is 107 cm³/mol. The maximum Gasteiger partial charge on any atom is 0.313 e. The summed E-state index contributed by atoms with van der Waals surface area (Å²) in [5.74, 6) is 0.431. The van der Waals surface area contributed by atoms with E-state index in [0.29, 0.717) is 35.1 Å². The highest BCUT2D eigenvalue weighted by atomic mass is 35.5. The van der Waals surface area contributed by atoms with Gasteiger partial charge in [0, 0.05) is 10.4 Å². The van der Waals surface area contributed by atoms with Gasteiger partial charge in [-0.05, 0) is 50.1 Å². The van der Waals surface area contributed by atoms with Crippen LogP contribution < -0.4 is 10.1 Å². The first-order valence-corrected chi connectivity index (χ1v) is 9.65. The molecule has 0 spiro atoms. The Hall–Kier alpha value is -2.53. The van der Waals surface area contributed by atoms with E-state index in [0.717, 1.165) is 0 Å². The molecule has 5 nitrogen and oxygen atoms in total. The SMILES string of the molecule is CC1(C)[C@]2(C)CC[C@]1(C(=O)Nc1cc(Cl)ccc1Oc1ccccc1)OC2=O. The molecule has 2 aliphatic rings. The van der Waals surface area contributed by atoms with Gasteiger partial charge in [0.05, 0.1) is 11.1 Å². The Morgan fingerprint density at radius 2 is 1.82 bits per heavy atom. The van der Waals surface area contributed by atoms with Gasteiger partial charge in [0.25, 0.3) is 5.91 Å². The first-order chi connectivity index (χ1) is 13.2. The molecule has 1 heterocycles. The van der Waals surface area contributed by atoms with E-state index >= 15 is 0 Å². The van der Waals surface area contributed by atoms with Crippen LogP contribution in [0, 0.1) is 10.8 Å². The molecule has 2 bridgehead atoms. The van der Waals surface area contributed by atoms with Gasteiger partial charge in [0.1, 0.15) is 5.75 Å². The minimum Gasteiger partial charge on any atom is -0.455 e. The summed E-state index contributed by atoms with van der Waals surface area (Å²) in [4.78, 5) is 25.8. The van der Waals surface area contributed by atoms with E-state index in [1.165, 1.54) is 0 Å². The third-order valence-corrected chi connectivity index (χ3v) is 6.85. The highest BCUT2D eigenvalue weighted by Gasteiger charge is 2.75. The van der Waals surface area contributed by atoms with Crippen LogP contribution in [0.3, 0.4) is 0 Å². The van der Waals surface area contributed by atoms with Crippen molar-refractivity contribution in [2.75, 3.05) is 5.32 Å². The highest BCUT2D eigenvalue weighted by Crippen LogP contribution is 2.65. The predicted octanol–water partition coefficient (Wildman–Crippen LogP) is 5.19. The molecule has 0 aromatic heterocycles. The van der Waals surface area contributed by atoms with Gasteiger partial charge < -0.3 is 14.8 Å². The van der Waals surface area contributed by atoms with E-state index in [2.05, 4.69) is 5.32 Å². The minimum atomic E-state index is -1.20. The molecule has 0 radical (unpaired) electrons. The fourth-order valence-electron chi connectivity index (χ4n) is 4.27. The van der Waals surface area contributed by atoms with Crippen LogP contribution in [-0.2, 0) is 14.3 Å². The first kappa shape index (κ1) is 18.8. The lowest BCUT2D eigenvalue weighted by atomic mass is 9.66. The fraction of sp³-hybridized carbons (Fsp3) is 0.364. The van der Waals surface area contributed by atoms with Crippen molar-refractivity contribution in [3.63, 3.8) is 0 Å². The first-order valence-electron chi connectivity index (χ1n) is 9.27. The third kappa shape index (κ3) is 2.53. The Morgan fingerprint density at radius 3 is 2.43 bits per heavy atom. The van der Waals surface area contributed by atoms with Gasteiger partial charge in [0.2, 0.25) is 0 Å². The monoisotopic (exact) mass is 399 g/mol. The second-order valence-electron chi connectivity index (χ2n) is 8.18. The van der Waals surface area contributed by atoms with Gasteiger partial charge in [-0.2, -0.15) is 0 Å². The average molecular weight is 400 g/mol. The van der Waals surface area contributed by atoms with Crippen LogP contribution in [0.5, 0.6) is 11.5 Å². The third-order valence-electron chi connectivity index (χ3n) is 6.61. The largest absolute Gasteiger partial charge is 0.455 e. The molecule has 1 aliphatic heterocycles. The van der Waals surface area contributed by atoms with E-state index < -0.39 is 16.4 Å². The molecule has 6 heteroatoms. The summed E-state index contributed by atoms with van der Waals surface area (Å²) in [6, 6.07) is 14.3. The van der Waals surface area contributed by atoms with Crippen molar-refractivity contribution in [1.29, 1.82) is 0 Å². The molecule has 28 heavy (non-hydrogen) atoms. The number of ether oxygens (including phenoxy) is 2. The zero-order valence-corrected chi connectivity index (χ0v) is 16.8. The van der Waals surface area contributed by atoms with E-state index in [1.807, 2.05) is 51.1 Å². The smallest absolute Gasteiger partial charge is 0.313 e. The van der Waals surface area contributed by atoms with Crippen LogP contribution in [0.25, 0.3) is 0 Å². The van der Waals surface area contributed by atoms with Gasteiger partial charge in [-0.15, -0.1) is 0 Å². The summed E-state index contributed by atoms with van der Waals surface area (Å²) < 4.78 is 11.6. The van der Waals surface area contributed by atoms with Crippen LogP contribution in [0.2, 0.25) is 5.02 Å². The summed E-state index contributed by atoms with van der Waals surface area (Å²) in [7, 11) is 0. The highest BCUT2D eigenvalue weighted by molar-refractivity contribution is 6.31. The average Bonchev–Trinajstić information content (AvgIpc) is 2.95. The Balaban J connectivity index is 1.66. The van der Waals surface area contributed by atoms with Gasteiger partial charge >= 0.3 is 5.97 Å². The lowest BCUT2D eigenvalue weighted by Crippen LogP contribution is -2.50. The van der Waals surface area contributed by atoms with Crippen molar-refractivity contribution < 1.29 is 19.1 Å². The van der Waals surface area contributed by atoms with E-state index in [1.54, 1.807) is 18.2 Å². The van der Waals surface area contributed by atoms with E-state index in [-0.39, 0.29) is 11.9 Å². The number of hydrogen-bond acceptors (Lipinski definition) is 4. The number of carbonyl (C=O) groups is 2. The van der Waals surface area contributed by atoms with Crippen molar-refractivity contribution in [3.05, 3.63) is 53.6 Å². The molecule has 1 saturated carbocycles. The molecule has 2 fully saturated rings. The molecule has 1 N–H and O–H groups in total. The molecular weight excluding hydrogens is 378 g/mol. The van der Waals surface area contributed by atoms with Crippen LogP contribution >= 0.6 is 11.6 Å². The molecule has 2 aromatic carbocycles. The lowest BCUT2D eigenvalue weighted by Gasteiger charge is -2.35. The van der Waals surface area contributed by atoms with Crippen LogP contribution in [0.1, 0.15) is 33.6 Å². The number of amides is 1. The standard InChI is InChI=1S/C22H22ClNO4/c1-20(2)21(3)11-12-22(20,28-19(21)26)18(25)24-16-13-14(23)9-10-17(16)27-15-7-5-4-6-8-15/h4-10,13H,11-12H2,1-3H3,(H,24,25)/t21-,22-/m1/s1. The van der Waals surface area contributed by atoms with Crippen LogP contribution in [0.15, 0.2) is 48.5 Å². The molecule has 1 saturated heterocycles. The number of benzene rings is 2. The van der Waals surface area contributed by atoms with Gasteiger partial charge in [-0.25, -0.2) is 0 Å². The molecule has 2 atom stereocenters. The zero-order valence-electron chi connectivity index (χ0n) is 16.0. The van der Waals surface area contributed by atoms with E-state index in [9.17, 15) is 9.59 Å². The Labute approximate surface area is 169 Å². The van der Waals surface area contributed by atoms with Crippen molar-refractivity contribution in [1.82, 2.24) is 0 Å². The maximum absolute atomic E-state index is 13.3. The Bertz CT molecular complexity index is 958. The quantitative estimate of drug-likeness (QED) is 0.718. The second kappa shape index (κ2) is 6.24. The summed E-state index contributed by atoms with van der Waals surface area (Å²) in [5, 5.41) is 3.36.